The van der Waals surface area contributed by atoms with E-state index in [9.17, 15) is 40.8 Å². The number of carbonyl (C=O) groups is 4. The molecule has 4 aliphatic rings. The van der Waals surface area contributed by atoms with Crippen LogP contribution in [0.5, 0.6) is 11.6 Å². The number of amides is 4. The Morgan fingerprint density at radius 3 is 2.48 bits per heavy atom. The smallest absolute Gasteiger partial charge is 0.408 e. The molecule has 0 spiro atoms. The van der Waals surface area contributed by atoms with Crippen LogP contribution in [0.3, 0.4) is 0 Å². The number of hydrogen-bond donors (Lipinski definition) is 3. The predicted octanol–water partition coefficient (Wildman–Crippen LogP) is 4.96. The van der Waals surface area contributed by atoms with Gasteiger partial charge in [0, 0.05) is 30.8 Å². The first-order valence-electron chi connectivity index (χ1n) is 19.5. The molecule has 1 saturated heterocycles. The van der Waals surface area contributed by atoms with Gasteiger partial charge in [0.05, 0.1) is 13.7 Å². The lowest BCUT2D eigenvalue weighted by molar-refractivity contribution is -0.152. The van der Waals surface area contributed by atoms with Crippen molar-refractivity contribution in [1.29, 1.82) is 0 Å². The molecular weight excluding hydrogens is 784 g/mol. The van der Waals surface area contributed by atoms with E-state index in [0.29, 0.717) is 37.3 Å². The van der Waals surface area contributed by atoms with Gasteiger partial charge in [0.1, 0.15) is 40.9 Å². The van der Waals surface area contributed by atoms with Crippen molar-refractivity contribution < 1.29 is 55.0 Å². The average molecular weight is 836 g/mol. The minimum Gasteiger partial charge on any atom is -0.497 e. The number of alkyl halides is 3. The molecule has 7 atom stereocenters. The molecule has 2 aliphatic carbocycles. The Kier molecular flexibility index (Phi) is 11.8. The Labute approximate surface area is 336 Å². The highest BCUT2D eigenvalue weighted by Gasteiger charge is 2.64. The summed E-state index contributed by atoms with van der Waals surface area (Å²) in [6.07, 6.45) is 4.63. The van der Waals surface area contributed by atoms with Gasteiger partial charge in [-0.1, -0.05) is 26.0 Å². The number of carbonyl (C=O) groups excluding carboxylic acids is 4. The predicted molar refractivity (Wildman–Crippen MR) is 206 cm³/mol. The normalized spacial score (nSPS) is 29.4. The monoisotopic (exact) mass is 835 g/mol. The molecule has 3 fully saturated rings. The maximum Gasteiger partial charge on any atom is 0.408 e. The maximum atomic E-state index is 14.8. The number of halogens is 3. The maximum absolute atomic E-state index is 14.8. The molecule has 1 aromatic heterocycles. The molecule has 6 rings (SSSR count). The minimum atomic E-state index is -4.44. The van der Waals surface area contributed by atoms with Crippen LogP contribution in [-0.4, -0.2) is 102 Å². The number of nitrogens with zero attached hydrogens (tertiary/aromatic N) is 2. The van der Waals surface area contributed by atoms with Crippen LogP contribution >= 0.6 is 0 Å². The van der Waals surface area contributed by atoms with E-state index < -0.39 is 92.3 Å². The molecule has 0 unspecified atom stereocenters. The zero-order chi connectivity index (χ0) is 42.4. The van der Waals surface area contributed by atoms with Crippen LogP contribution in [0.25, 0.3) is 10.8 Å². The van der Waals surface area contributed by atoms with Crippen molar-refractivity contribution in [3.63, 3.8) is 0 Å². The van der Waals surface area contributed by atoms with E-state index in [1.807, 2.05) is 17.7 Å². The third kappa shape index (κ3) is 8.57. The SMILES string of the molecule is COc1ccc2c(O[C@@H]3C[C@H]4C(=O)N[C@]5(C(=O)NS(=O)(=O)C6(CF)CC6)C[C@H]5/C=C\CC[C@@H](C)C[C@@H](C)[C@H](NC(=O)OC(C)(C)C(C)(F)F)C(=O)N4C3)nccc2c1. The van der Waals surface area contributed by atoms with Crippen molar-refractivity contribution in [2.75, 3.05) is 20.3 Å². The number of hydrogen-bond acceptors (Lipinski definition) is 10. The van der Waals surface area contributed by atoms with Gasteiger partial charge < -0.3 is 29.7 Å². The Balaban J connectivity index is 1.35. The lowest BCUT2D eigenvalue weighted by Gasteiger charge is -2.35. The second-order valence-corrected chi connectivity index (χ2v) is 19.0. The fraction of sp³-hybridized carbons (Fsp3) is 0.625. The van der Waals surface area contributed by atoms with Crippen LogP contribution in [0.4, 0.5) is 18.0 Å². The van der Waals surface area contributed by atoms with Gasteiger partial charge in [-0.2, -0.15) is 0 Å². The van der Waals surface area contributed by atoms with E-state index in [1.54, 1.807) is 37.3 Å². The summed E-state index contributed by atoms with van der Waals surface area (Å²) < 4.78 is 86.2. The summed E-state index contributed by atoms with van der Waals surface area (Å²) in [6.45, 7) is 5.05. The van der Waals surface area contributed by atoms with Gasteiger partial charge in [0.25, 0.3) is 11.8 Å². The first-order chi connectivity index (χ1) is 27.2. The summed E-state index contributed by atoms with van der Waals surface area (Å²) >= 11 is 0. The Morgan fingerprint density at radius 2 is 1.83 bits per heavy atom. The van der Waals surface area contributed by atoms with Crippen molar-refractivity contribution in [2.24, 2.45) is 17.8 Å². The van der Waals surface area contributed by atoms with Crippen LogP contribution in [0.1, 0.15) is 79.6 Å². The summed E-state index contributed by atoms with van der Waals surface area (Å²) in [6, 6.07) is 4.37. The van der Waals surface area contributed by atoms with Crippen LogP contribution in [0.15, 0.2) is 42.6 Å². The lowest BCUT2D eigenvalue weighted by atomic mass is 9.88. The zero-order valence-electron chi connectivity index (χ0n) is 33.5. The summed E-state index contributed by atoms with van der Waals surface area (Å²) in [5, 5.41) is 6.64. The zero-order valence-corrected chi connectivity index (χ0v) is 34.3. The van der Waals surface area contributed by atoms with Crippen molar-refractivity contribution >= 4 is 44.6 Å². The number of nitrogens with one attached hydrogen (secondary N) is 3. The summed E-state index contributed by atoms with van der Waals surface area (Å²) in [5.74, 6) is -6.35. The van der Waals surface area contributed by atoms with Gasteiger partial charge in [-0.3, -0.25) is 19.1 Å². The molecule has 3 heterocycles. The first-order valence-corrected chi connectivity index (χ1v) is 21.0. The molecule has 4 amide bonds. The van der Waals surface area contributed by atoms with Crippen LogP contribution in [0.2, 0.25) is 0 Å². The van der Waals surface area contributed by atoms with E-state index in [4.69, 9.17) is 14.2 Å². The molecule has 3 N–H and O–H groups in total. The Morgan fingerprint density at radius 1 is 1.10 bits per heavy atom. The standard InChI is InChI=1S/C40H52F3N5O9S/c1-23-9-7-8-10-26-20-40(26,35(51)47-58(53,54)39(22-41)14-15-39)46-32(49)30-19-28(56-33-29-12-11-27(55-6)18-25(29)13-16-44-33)21-48(30)34(50)31(24(2)17-23)45-36(52)57-37(3,4)38(5,42)43/h8,10-13,16,18,23-24,26,28,30-31H,7,9,14-15,17,19-22H2,1-6H3,(H,45,52)(H,46,49)(H,47,51)/b10-8-/t23-,24-,26-,28-,30+,31+,40-/m1/s1. The second-order valence-electron chi connectivity index (χ2n) is 16.9. The molecule has 2 aromatic rings. The largest absolute Gasteiger partial charge is 0.497 e. The molecule has 14 nitrogen and oxygen atoms in total. The van der Waals surface area contributed by atoms with Gasteiger partial charge in [-0.05, 0) is 93.9 Å². The first kappa shape index (κ1) is 43.0. The molecule has 58 heavy (non-hydrogen) atoms. The van der Waals surface area contributed by atoms with Crippen molar-refractivity contribution in [3.8, 4) is 11.6 Å². The summed E-state index contributed by atoms with van der Waals surface area (Å²) in [4.78, 5) is 62.1. The number of methoxy groups -OCH3 is 1. The summed E-state index contributed by atoms with van der Waals surface area (Å²) in [7, 11) is -2.90. The molecular formula is C40H52F3N5O9S. The molecule has 2 aliphatic heterocycles. The van der Waals surface area contributed by atoms with E-state index in [-0.39, 0.29) is 44.0 Å². The van der Waals surface area contributed by atoms with Crippen LogP contribution < -0.4 is 24.8 Å². The second kappa shape index (κ2) is 15.9. The highest BCUT2D eigenvalue weighted by molar-refractivity contribution is 7.91. The van der Waals surface area contributed by atoms with Gasteiger partial charge in [0.2, 0.25) is 27.7 Å². The third-order valence-electron chi connectivity index (χ3n) is 12.2. The molecule has 0 radical (unpaired) electrons. The summed E-state index contributed by atoms with van der Waals surface area (Å²) in [5.41, 5.74) is -3.96. The van der Waals surface area contributed by atoms with Gasteiger partial charge in [-0.15, -0.1) is 0 Å². The van der Waals surface area contributed by atoms with Crippen molar-refractivity contribution in [1.82, 2.24) is 25.2 Å². The minimum absolute atomic E-state index is 0.0107. The molecule has 2 saturated carbocycles. The highest BCUT2D eigenvalue weighted by Crippen LogP contribution is 2.48. The van der Waals surface area contributed by atoms with Crippen molar-refractivity contribution in [2.45, 2.75) is 120 Å². The topological polar surface area (TPSA) is 182 Å². The highest BCUT2D eigenvalue weighted by atomic mass is 32.2. The van der Waals surface area contributed by atoms with Crippen molar-refractivity contribution in [3.05, 3.63) is 42.6 Å². The van der Waals surface area contributed by atoms with E-state index >= 15 is 0 Å². The number of allylic oxidation sites excluding steroid dienone is 1. The number of pyridine rings is 1. The van der Waals surface area contributed by atoms with Gasteiger partial charge in [-0.25, -0.2) is 31.4 Å². The molecule has 0 bridgehead atoms. The fourth-order valence-corrected chi connectivity index (χ4v) is 9.16. The third-order valence-corrected chi connectivity index (χ3v) is 14.3. The molecule has 18 heteroatoms. The Hall–Kier alpha value is -4.61. The molecule has 1 aromatic carbocycles. The fourth-order valence-electron chi connectivity index (χ4n) is 7.74. The van der Waals surface area contributed by atoms with Crippen LogP contribution in [0, 0.1) is 17.8 Å². The Bertz CT molecular complexity index is 2070. The van der Waals surface area contributed by atoms with Gasteiger partial charge >= 0.3 is 6.09 Å². The molecule has 318 valence electrons. The number of fused-ring (bicyclic) bond motifs is 3. The number of benzene rings is 1. The number of alkyl carbamates (subject to hydrolysis) is 1. The van der Waals surface area contributed by atoms with E-state index in [2.05, 4.69) is 15.6 Å². The van der Waals surface area contributed by atoms with Gasteiger partial charge in [0.15, 0.2) is 5.60 Å². The number of rotatable bonds is 10. The quantitative estimate of drug-likeness (QED) is 0.277. The number of sulfonamides is 1. The van der Waals surface area contributed by atoms with Crippen LogP contribution in [-0.2, 0) is 29.1 Å². The lowest BCUT2D eigenvalue weighted by Crippen LogP contribution is -2.60. The number of aromatic nitrogens is 1. The number of ether oxygens (including phenoxy) is 3. The van der Waals surface area contributed by atoms with E-state index in [1.165, 1.54) is 18.2 Å². The van der Waals surface area contributed by atoms with E-state index in [0.717, 1.165) is 19.2 Å². The average Bonchev–Trinajstić information content (AvgIpc) is 4.05.